The molecule has 0 aromatic heterocycles. The van der Waals surface area contributed by atoms with Crippen LogP contribution in [0.4, 0.5) is 0 Å². The van der Waals surface area contributed by atoms with Crippen molar-refractivity contribution >= 4 is 11.8 Å². The molecule has 1 heterocycles. The quantitative estimate of drug-likeness (QED) is 0.517. The smallest absolute Gasteiger partial charge is 0.220 e. The molecule has 15 heavy (non-hydrogen) atoms. The second-order valence-electron chi connectivity index (χ2n) is 4.11. The Kier molecular flexibility index (Phi) is 2.88. The zero-order chi connectivity index (χ0) is 10.8. The van der Waals surface area contributed by atoms with E-state index in [1.807, 2.05) is 0 Å². The highest BCUT2D eigenvalue weighted by Gasteiger charge is 2.28. The molecule has 1 unspecified atom stereocenters. The molecular weight excluding hydrogens is 192 g/mol. The van der Waals surface area contributed by atoms with Crippen LogP contribution in [-0.4, -0.2) is 23.1 Å². The predicted octanol–water partition coefficient (Wildman–Crippen LogP) is -0.288. The van der Waals surface area contributed by atoms with Crippen LogP contribution >= 0.6 is 0 Å². The van der Waals surface area contributed by atoms with Crippen molar-refractivity contribution < 1.29 is 0 Å². The summed E-state index contributed by atoms with van der Waals surface area (Å²) in [6, 6.07) is 0. The minimum Gasteiger partial charge on any atom is -0.368 e. The normalized spacial score (nSPS) is 28.7. The Balaban J connectivity index is 2.15. The van der Waals surface area contributed by atoms with Crippen LogP contribution in [0.3, 0.4) is 0 Å². The van der Waals surface area contributed by atoms with Gasteiger partial charge >= 0.3 is 0 Å². The molecule has 0 amide bonds. The average molecular weight is 210 g/mol. The first-order valence-electron chi connectivity index (χ1n) is 5.40. The summed E-state index contributed by atoms with van der Waals surface area (Å²) in [6.07, 6.45) is 5.40. The Morgan fingerprint density at radius 3 is 2.53 bits per heavy atom. The molecule has 0 spiro atoms. The molecule has 0 aromatic rings. The number of nitrogens with zero attached hydrogens (tertiary/aromatic N) is 3. The van der Waals surface area contributed by atoms with Crippen LogP contribution in [-0.2, 0) is 0 Å². The van der Waals surface area contributed by atoms with Gasteiger partial charge in [-0.3, -0.25) is 10.7 Å². The number of amidine groups is 1. The van der Waals surface area contributed by atoms with Crippen LogP contribution in [0, 0.1) is 5.92 Å². The molecular formula is C9H18N6. The third-order valence-corrected chi connectivity index (χ3v) is 3.01. The third kappa shape index (κ3) is 2.10. The Morgan fingerprint density at radius 2 is 1.87 bits per heavy atom. The number of hydrazine groups is 1. The standard InChI is InChI=1S/C9H18N6/c10-8-13-7(15(12)9(11)14-8)6-4-2-1-3-5-6/h6,9H,1-5,11-12H2,(H2,10,14). The number of nitrogens with two attached hydrogens (primary N) is 3. The van der Waals surface area contributed by atoms with Crippen molar-refractivity contribution in [3.8, 4) is 0 Å². The van der Waals surface area contributed by atoms with Crippen LogP contribution < -0.4 is 17.3 Å². The molecule has 1 aliphatic carbocycles. The van der Waals surface area contributed by atoms with Gasteiger partial charge in [-0.25, -0.2) is 10.8 Å². The largest absolute Gasteiger partial charge is 0.368 e. The van der Waals surface area contributed by atoms with Crippen molar-refractivity contribution in [2.75, 3.05) is 0 Å². The third-order valence-electron chi connectivity index (χ3n) is 3.01. The fourth-order valence-electron chi connectivity index (χ4n) is 2.20. The monoisotopic (exact) mass is 210 g/mol. The number of guanidine groups is 1. The second kappa shape index (κ2) is 4.16. The van der Waals surface area contributed by atoms with E-state index in [9.17, 15) is 0 Å². The number of aliphatic imine (C=N–C) groups is 2. The highest BCUT2D eigenvalue weighted by Crippen LogP contribution is 2.26. The topological polar surface area (TPSA) is 106 Å². The summed E-state index contributed by atoms with van der Waals surface area (Å²) in [5, 5.41) is 1.44. The highest BCUT2D eigenvalue weighted by molar-refractivity contribution is 5.98. The van der Waals surface area contributed by atoms with Crippen LogP contribution in [0.5, 0.6) is 0 Å². The van der Waals surface area contributed by atoms with Crippen molar-refractivity contribution in [1.29, 1.82) is 0 Å². The van der Waals surface area contributed by atoms with Crippen molar-refractivity contribution in [2.24, 2.45) is 33.2 Å². The maximum atomic E-state index is 5.83. The molecule has 2 rings (SSSR count). The zero-order valence-corrected chi connectivity index (χ0v) is 8.76. The van der Waals surface area contributed by atoms with Crippen molar-refractivity contribution in [3.05, 3.63) is 0 Å². The van der Waals surface area contributed by atoms with Gasteiger partial charge in [-0.1, -0.05) is 19.3 Å². The van der Waals surface area contributed by atoms with Gasteiger partial charge in [0.05, 0.1) is 0 Å². The first-order chi connectivity index (χ1) is 7.18. The molecule has 6 heteroatoms. The van der Waals surface area contributed by atoms with Gasteiger partial charge in [-0.15, -0.1) is 0 Å². The van der Waals surface area contributed by atoms with Crippen LogP contribution in [0.2, 0.25) is 0 Å². The lowest BCUT2D eigenvalue weighted by Gasteiger charge is -2.33. The molecule has 6 N–H and O–H groups in total. The Bertz CT molecular complexity index is 291. The van der Waals surface area contributed by atoms with Crippen LogP contribution in [0.15, 0.2) is 9.98 Å². The molecule has 0 saturated heterocycles. The number of hydrogen-bond donors (Lipinski definition) is 3. The van der Waals surface area contributed by atoms with Gasteiger partial charge in [0.25, 0.3) is 0 Å². The van der Waals surface area contributed by atoms with Crippen LogP contribution in [0.1, 0.15) is 32.1 Å². The van der Waals surface area contributed by atoms with Gasteiger partial charge in [-0.05, 0) is 12.8 Å². The van der Waals surface area contributed by atoms with E-state index in [2.05, 4.69) is 9.98 Å². The average Bonchev–Trinajstić information content (AvgIpc) is 2.24. The Hall–Kier alpha value is -1.14. The maximum Gasteiger partial charge on any atom is 0.220 e. The van der Waals surface area contributed by atoms with E-state index in [0.717, 1.165) is 18.7 Å². The minimum absolute atomic E-state index is 0.241. The highest BCUT2D eigenvalue weighted by atomic mass is 15.5. The molecule has 1 atom stereocenters. The van der Waals surface area contributed by atoms with E-state index in [4.69, 9.17) is 17.3 Å². The summed E-state index contributed by atoms with van der Waals surface area (Å²) >= 11 is 0. The summed E-state index contributed by atoms with van der Waals surface area (Å²) in [6.45, 7) is 0. The minimum atomic E-state index is -0.584. The molecule has 0 radical (unpaired) electrons. The van der Waals surface area contributed by atoms with E-state index < -0.39 is 6.29 Å². The van der Waals surface area contributed by atoms with E-state index in [1.165, 1.54) is 24.3 Å². The lowest BCUT2D eigenvalue weighted by molar-refractivity contribution is 0.296. The van der Waals surface area contributed by atoms with Crippen LogP contribution in [0.25, 0.3) is 0 Å². The maximum absolute atomic E-state index is 5.83. The van der Waals surface area contributed by atoms with E-state index in [1.54, 1.807) is 0 Å². The first-order valence-corrected chi connectivity index (χ1v) is 5.40. The zero-order valence-electron chi connectivity index (χ0n) is 8.76. The summed E-state index contributed by atoms with van der Waals surface area (Å²) < 4.78 is 0. The lowest BCUT2D eigenvalue weighted by Crippen LogP contribution is -2.55. The van der Waals surface area contributed by atoms with Gasteiger partial charge in [0.2, 0.25) is 5.96 Å². The van der Waals surface area contributed by atoms with Gasteiger partial charge < -0.3 is 5.73 Å². The molecule has 6 nitrogen and oxygen atoms in total. The molecule has 0 bridgehead atoms. The van der Waals surface area contributed by atoms with E-state index in [0.29, 0.717) is 5.92 Å². The Morgan fingerprint density at radius 1 is 1.20 bits per heavy atom. The molecule has 2 aliphatic rings. The molecule has 0 aromatic carbocycles. The predicted molar refractivity (Wildman–Crippen MR) is 59.6 cm³/mol. The van der Waals surface area contributed by atoms with Gasteiger partial charge in [0.1, 0.15) is 5.84 Å². The SMILES string of the molecule is NC1=NC(N)N(N)C(C2CCCCC2)=N1. The molecule has 1 aliphatic heterocycles. The molecule has 84 valence electrons. The summed E-state index contributed by atoms with van der Waals surface area (Å²) in [7, 11) is 0. The van der Waals surface area contributed by atoms with Crippen molar-refractivity contribution in [1.82, 2.24) is 5.01 Å². The first kappa shape index (κ1) is 10.4. The van der Waals surface area contributed by atoms with Gasteiger partial charge in [-0.2, -0.15) is 4.99 Å². The summed E-state index contributed by atoms with van der Waals surface area (Å²) in [5.41, 5.74) is 11.3. The Labute approximate surface area is 89.2 Å². The number of hydrogen-bond acceptors (Lipinski definition) is 6. The van der Waals surface area contributed by atoms with Crippen molar-refractivity contribution in [2.45, 2.75) is 38.4 Å². The number of rotatable bonds is 1. The molecule has 1 saturated carbocycles. The summed E-state index contributed by atoms with van der Waals surface area (Å²) in [4.78, 5) is 8.10. The van der Waals surface area contributed by atoms with Crippen molar-refractivity contribution in [3.63, 3.8) is 0 Å². The fraction of sp³-hybridized carbons (Fsp3) is 0.778. The second-order valence-corrected chi connectivity index (χ2v) is 4.11. The fourth-order valence-corrected chi connectivity index (χ4v) is 2.20. The van der Waals surface area contributed by atoms with E-state index >= 15 is 0 Å². The summed E-state index contributed by atoms with van der Waals surface area (Å²) in [5.74, 6) is 7.26. The molecule has 1 fully saturated rings. The van der Waals surface area contributed by atoms with Gasteiger partial charge in [0, 0.05) is 5.92 Å². The lowest BCUT2D eigenvalue weighted by atomic mass is 9.88. The van der Waals surface area contributed by atoms with Gasteiger partial charge in [0.15, 0.2) is 6.29 Å². The van der Waals surface area contributed by atoms with E-state index in [-0.39, 0.29) is 5.96 Å².